The molecule has 0 aliphatic carbocycles. The van der Waals surface area contributed by atoms with Crippen molar-refractivity contribution in [2.75, 3.05) is 25.1 Å². The first kappa shape index (κ1) is 20.3. The molecule has 0 radical (unpaired) electrons. The Morgan fingerprint density at radius 3 is 2.62 bits per heavy atom. The Labute approximate surface area is 170 Å². The van der Waals surface area contributed by atoms with Gasteiger partial charge in [0.25, 0.3) is 0 Å². The fourth-order valence-electron chi connectivity index (χ4n) is 2.70. The molecule has 1 aromatic heterocycles. The summed E-state index contributed by atoms with van der Waals surface area (Å²) in [7, 11) is 0. The Hall–Kier alpha value is -3.48. The molecule has 152 valence electrons. The molecule has 0 aliphatic heterocycles. The van der Waals surface area contributed by atoms with Crippen molar-refractivity contribution in [3.8, 4) is 11.5 Å². The highest BCUT2D eigenvalue weighted by Gasteiger charge is 2.03. The van der Waals surface area contributed by atoms with Crippen molar-refractivity contribution in [2.45, 2.75) is 19.9 Å². The van der Waals surface area contributed by atoms with Crippen LogP contribution in [0, 0.1) is 6.92 Å². The molecular formula is C22H26N4O3. The number of anilines is 1. The van der Waals surface area contributed by atoms with Crippen LogP contribution in [0.5, 0.6) is 11.5 Å². The molecule has 0 aliphatic rings. The fraction of sp³-hybridized carbons (Fsp3) is 0.273. The zero-order valence-corrected chi connectivity index (χ0v) is 16.5. The second-order valence-corrected chi connectivity index (χ2v) is 6.54. The van der Waals surface area contributed by atoms with Gasteiger partial charge in [-0.1, -0.05) is 18.2 Å². The predicted octanol–water partition coefficient (Wildman–Crippen LogP) is 3.86. The van der Waals surface area contributed by atoms with E-state index < -0.39 is 0 Å². The Balaban J connectivity index is 1.33. The number of carbonyl (C=O) groups is 1. The normalized spacial score (nSPS) is 10.4. The lowest BCUT2D eigenvalue weighted by molar-refractivity contribution is 0.250. The standard InChI is InChI=1S/C22H26N4O3/c1-18-6-2-8-20(16-18)28-14-5-10-23-22(27)25-19-7-3-9-21(17-19)29-15-13-26-12-4-11-24-26/h2-4,6-9,11-12,16-17H,5,10,13-15H2,1H3,(H2,23,25,27). The molecule has 2 aromatic carbocycles. The topological polar surface area (TPSA) is 77.4 Å². The van der Waals surface area contributed by atoms with E-state index in [2.05, 4.69) is 15.7 Å². The van der Waals surface area contributed by atoms with Gasteiger partial charge in [-0.25, -0.2) is 4.79 Å². The van der Waals surface area contributed by atoms with Gasteiger partial charge in [-0.2, -0.15) is 5.10 Å². The number of carbonyl (C=O) groups excluding carboxylic acids is 1. The fourth-order valence-corrected chi connectivity index (χ4v) is 2.70. The van der Waals surface area contributed by atoms with E-state index in [1.807, 2.05) is 61.7 Å². The molecule has 3 aromatic rings. The maximum atomic E-state index is 12.1. The summed E-state index contributed by atoms with van der Waals surface area (Å²) in [6.07, 6.45) is 4.34. The molecule has 0 atom stereocenters. The maximum Gasteiger partial charge on any atom is 0.319 e. The first-order chi connectivity index (χ1) is 14.2. The maximum absolute atomic E-state index is 12.1. The van der Waals surface area contributed by atoms with Gasteiger partial charge in [-0.15, -0.1) is 0 Å². The molecule has 0 unspecified atom stereocenters. The molecule has 0 saturated carbocycles. The lowest BCUT2D eigenvalue weighted by atomic mass is 10.2. The summed E-state index contributed by atoms with van der Waals surface area (Å²) in [4.78, 5) is 12.1. The van der Waals surface area contributed by atoms with Crippen LogP contribution in [0.4, 0.5) is 10.5 Å². The predicted molar refractivity (Wildman–Crippen MR) is 112 cm³/mol. The number of rotatable bonds is 10. The molecule has 0 spiro atoms. The minimum atomic E-state index is -0.255. The van der Waals surface area contributed by atoms with Crippen molar-refractivity contribution in [1.82, 2.24) is 15.1 Å². The average Bonchev–Trinajstić information content (AvgIpc) is 3.22. The highest BCUT2D eigenvalue weighted by Crippen LogP contribution is 2.17. The van der Waals surface area contributed by atoms with Crippen molar-refractivity contribution in [3.63, 3.8) is 0 Å². The second kappa shape index (κ2) is 10.8. The number of urea groups is 1. The minimum Gasteiger partial charge on any atom is -0.494 e. The van der Waals surface area contributed by atoms with E-state index in [1.165, 1.54) is 0 Å². The number of amides is 2. The van der Waals surface area contributed by atoms with E-state index >= 15 is 0 Å². The number of hydrogen-bond acceptors (Lipinski definition) is 4. The Kier molecular flexibility index (Phi) is 7.51. The molecule has 29 heavy (non-hydrogen) atoms. The van der Waals surface area contributed by atoms with Gasteiger partial charge in [0.1, 0.15) is 18.1 Å². The van der Waals surface area contributed by atoms with E-state index in [0.717, 1.165) is 17.7 Å². The van der Waals surface area contributed by atoms with Gasteiger partial charge in [0.15, 0.2) is 0 Å². The van der Waals surface area contributed by atoms with Crippen LogP contribution >= 0.6 is 0 Å². The van der Waals surface area contributed by atoms with Crippen molar-refractivity contribution in [3.05, 3.63) is 72.6 Å². The molecule has 0 bridgehead atoms. The summed E-state index contributed by atoms with van der Waals surface area (Å²) in [5.74, 6) is 1.54. The molecule has 2 amide bonds. The summed E-state index contributed by atoms with van der Waals surface area (Å²) in [6.45, 7) is 4.26. The minimum absolute atomic E-state index is 0.255. The Morgan fingerprint density at radius 1 is 1.03 bits per heavy atom. The van der Waals surface area contributed by atoms with Gasteiger partial charge in [0.2, 0.25) is 0 Å². The van der Waals surface area contributed by atoms with Gasteiger partial charge >= 0.3 is 6.03 Å². The molecule has 1 heterocycles. The highest BCUT2D eigenvalue weighted by molar-refractivity contribution is 5.89. The summed E-state index contributed by atoms with van der Waals surface area (Å²) in [5, 5.41) is 9.77. The summed E-state index contributed by atoms with van der Waals surface area (Å²) in [5.41, 5.74) is 1.84. The van der Waals surface area contributed by atoms with Crippen molar-refractivity contribution in [1.29, 1.82) is 0 Å². The third-order valence-electron chi connectivity index (χ3n) is 4.11. The zero-order chi connectivity index (χ0) is 20.3. The zero-order valence-electron chi connectivity index (χ0n) is 16.5. The molecule has 7 nitrogen and oxygen atoms in total. The molecule has 2 N–H and O–H groups in total. The largest absolute Gasteiger partial charge is 0.494 e. The van der Waals surface area contributed by atoms with Crippen LogP contribution in [0.1, 0.15) is 12.0 Å². The van der Waals surface area contributed by atoms with Crippen LogP contribution < -0.4 is 20.1 Å². The van der Waals surface area contributed by atoms with E-state index in [1.54, 1.807) is 16.9 Å². The number of nitrogens with zero attached hydrogens (tertiary/aromatic N) is 2. The van der Waals surface area contributed by atoms with Crippen molar-refractivity contribution >= 4 is 11.7 Å². The van der Waals surface area contributed by atoms with Crippen molar-refractivity contribution < 1.29 is 14.3 Å². The highest BCUT2D eigenvalue weighted by atomic mass is 16.5. The van der Waals surface area contributed by atoms with Gasteiger partial charge in [-0.05, 0) is 49.2 Å². The Morgan fingerprint density at radius 2 is 1.83 bits per heavy atom. The molecule has 7 heteroatoms. The Bertz CT molecular complexity index is 897. The monoisotopic (exact) mass is 394 g/mol. The van der Waals surface area contributed by atoms with Crippen LogP contribution in [0.2, 0.25) is 0 Å². The van der Waals surface area contributed by atoms with Gasteiger partial charge in [0, 0.05) is 30.7 Å². The van der Waals surface area contributed by atoms with Crippen LogP contribution in [-0.4, -0.2) is 35.6 Å². The van der Waals surface area contributed by atoms with E-state index in [-0.39, 0.29) is 6.03 Å². The first-order valence-electron chi connectivity index (χ1n) is 9.64. The summed E-state index contributed by atoms with van der Waals surface area (Å²) >= 11 is 0. The smallest absolute Gasteiger partial charge is 0.319 e. The number of benzene rings is 2. The third-order valence-corrected chi connectivity index (χ3v) is 4.11. The van der Waals surface area contributed by atoms with E-state index in [9.17, 15) is 4.79 Å². The van der Waals surface area contributed by atoms with Gasteiger partial charge in [0.05, 0.1) is 13.2 Å². The number of hydrogen-bond donors (Lipinski definition) is 2. The molecule has 0 saturated heterocycles. The van der Waals surface area contributed by atoms with Crippen LogP contribution in [-0.2, 0) is 6.54 Å². The number of nitrogens with one attached hydrogen (secondary N) is 2. The van der Waals surface area contributed by atoms with Crippen LogP contribution in [0.25, 0.3) is 0 Å². The van der Waals surface area contributed by atoms with Crippen LogP contribution in [0.15, 0.2) is 67.0 Å². The van der Waals surface area contributed by atoms with Crippen molar-refractivity contribution in [2.24, 2.45) is 0 Å². The van der Waals surface area contributed by atoms with E-state index in [4.69, 9.17) is 9.47 Å². The number of aromatic nitrogens is 2. The lowest BCUT2D eigenvalue weighted by Crippen LogP contribution is -2.30. The lowest BCUT2D eigenvalue weighted by Gasteiger charge is -2.11. The SMILES string of the molecule is Cc1cccc(OCCCNC(=O)Nc2cccc(OCCn3cccn3)c2)c1. The summed E-state index contributed by atoms with van der Waals surface area (Å²) in [6, 6.07) is 16.8. The quantitative estimate of drug-likeness (QED) is 0.512. The second-order valence-electron chi connectivity index (χ2n) is 6.54. The number of aryl methyl sites for hydroxylation is 1. The molecule has 0 fully saturated rings. The summed E-state index contributed by atoms with van der Waals surface area (Å²) < 4.78 is 13.2. The third kappa shape index (κ3) is 7.21. The van der Waals surface area contributed by atoms with Gasteiger partial charge in [-0.3, -0.25) is 4.68 Å². The molecule has 3 rings (SSSR count). The van der Waals surface area contributed by atoms with E-state index in [0.29, 0.717) is 37.7 Å². The van der Waals surface area contributed by atoms with Crippen LogP contribution in [0.3, 0.4) is 0 Å². The molecular weight excluding hydrogens is 368 g/mol. The number of ether oxygens (including phenoxy) is 2. The average molecular weight is 394 g/mol. The van der Waals surface area contributed by atoms with Gasteiger partial charge < -0.3 is 20.1 Å². The first-order valence-corrected chi connectivity index (χ1v) is 9.64.